The van der Waals surface area contributed by atoms with Crippen molar-refractivity contribution in [2.75, 3.05) is 62.7 Å². The predicted molar refractivity (Wildman–Crippen MR) is 160 cm³/mol. The summed E-state index contributed by atoms with van der Waals surface area (Å²) in [6, 6.07) is 15.1. The summed E-state index contributed by atoms with van der Waals surface area (Å²) >= 11 is 0. The van der Waals surface area contributed by atoms with E-state index in [0.717, 1.165) is 55.7 Å². The highest BCUT2D eigenvalue weighted by Crippen LogP contribution is 2.34. The molecule has 1 amide bonds. The van der Waals surface area contributed by atoms with Gasteiger partial charge in [0, 0.05) is 56.1 Å². The smallest absolute Gasteiger partial charge is 0.301 e. The van der Waals surface area contributed by atoms with E-state index in [4.69, 9.17) is 9.47 Å². The van der Waals surface area contributed by atoms with Gasteiger partial charge < -0.3 is 29.7 Å². The molecule has 1 aromatic heterocycles. The van der Waals surface area contributed by atoms with Crippen LogP contribution in [0.1, 0.15) is 18.9 Å². The van der Waals surface area contributed by atoms with E-state index in [9.17, 15) is 23.9 Å². The van der Waals surface area contributed by atoms with Crippen LogP contribution in [0.2, 0.25) is 0 Å². The number of amides is 1. The van der Waals surface area contributed by atoms with Crippen molar-refractivity contribution in [3.63, 3.8) is 0 Å². The molecule has 0 radical (unpaired) electrons. The van der Waals surface area contributed by atoms with Crippen LogP contribution in [0.5, 0.6) is 5.75 Å². The fourth-order valence-corrected chi connectivity index (χ4v) is 5.69. The standard InChI is InChI=1S/C31H34F2N8O4/c1-20(42)29(43)41-9-8-27(31(32,33)18-41)45-26-7-2-21(14-22(26)15-34)28-35-19-36-30(38-28)37-23-3-5-24(6-4-23)39-10-12-40(13-11-39)25-16-44-17-25/h2-7,14,19-20,25,27,42H,8-13,16-18H2,1H3,(H,35,36,37,38)/t20?,27-/m0/s1. The molecule has 14 heteroatoms. The molecule has 2 atom stereocenters. The monoisotopic (exact) mass is 620 g/mol. The first-order valence-corrected chi connectivity index (χ1v) is 14.9. The van der Waals surface area contributed by atoms with Crippen molar-refractivity contribution in [2.45, 2.75) is 37.5 Å². The van der Waals surface area contributed by atoms with Crippen LogP contribution in [-0.4, -0.2) is 112 Å². The third-order valence-corrected chi connectivity index (χ3v) is 8.34. The molecule has 3 aliphatic heterocycles. The van der Waals surface area contributed by atoms with Gasteiger partial charge in [0.1, 0.15) is 24.3 Å². The van der Waals surface area contributed by atoms with Gasteiger partial charge in [-0.2, -0.15) is 10.2 Å². The number of nitrogens with zero attached hydrogens (tertiary/aromatic N) is 7. The van der Waals surface area contributed by atoms with E-state index in [-0.39, 0.29) is 30.1 Å². The summed E-state index contributed by atoms with van der Waals surface area (Å²) in [6.07, 6.45) is -1.72. The summed E-state index contributed by atoms with van der Waals surface area (Å²) in [5.74, 6) is -3.55. The Bertz CT molecular complexity index is 1560. The molecule has 3 aromatic rings. The number of anilines is 3. The quantitative estimate of drug-likeness (QED) is 0.384. The second-order valence-electron chi connectivity index (χ2n) is 11.4. The molecular formula is C31H34F2N8O4. The first-order valence-electron chi connectivity index (χ1n) is 14.9. The number of benzene rings is 2. The maximum atomic E-state index is 14.9. The van der Waals surface area contributed by atoms with Crippen molar-refractivity contribution >= 4 is 23.2 Å². The summed E-state index contributed by atoms with van der Waals surface area (Å²) in [4.78, 5) is 30.7. The number of aliphatic hydroxyl groups is 1. The normalized spacial score (nSPS) is 21.0. The van der Waals surface area contributed by atoms with Gasteiger partial charge in [0.25, 0.3) is 5.91 Å². The number of aliphatic hydroxyl groups excluding tert-OH is 1. The molecule has 6 rings (SSSR count). The fourth-order valence-electron chi connectivity index (χ4n) is 5.69. The van der Waals surface area contributed by atoms with E-state index < -0.39 is 30.6 Å². The van der Waals surface area contributed by atoms with E-state index >= 15 is 0 Å². The molecule has 12 nitrogen and oxygen atoms in total. The Labute approximate surface area is 259 Å². The Balaban J connectivity index is 1.09. The summed E-state index contributed by atoms with van der Waals surface area (Å²) in [5.41, 5.74) is 2.46. The molecule has 0 aliphatic carbocycles. The van der Waals surface area contributed by atoms with Gasteiger partial charge in [-0.05, 0) is 49.4 Å². The van der Waals surface area contributed by atoms with Gasteiger partial charge in [-0.15, -0.1) is 0 Å². The zero-order valence-electron chi connectivity index (χ0n) is 24.8. The molecule has 0 spiro atoms. The molecule has 0 bridgehead atoms. The maximum absolute atomic E-state index is 14.9. The van der Waals surface area contributed by atoms with Gasteiger partial charge in [0.2, 0.25) is 5.95 Å². The third kappa shape index (κ3) is 6.80. The SMILES string of the molecule is CC(O)C(=O)N1CC[C@H](Oc2ccc(-c3ncnc(Nc4ccc(N5CCN(C6COC6)CC5)cc4)n3)cc2C#N)C(F)(F)C1. The Morgan fingerprint density at radius 3 is 2.53 bits per heavy atom. The lowest BCUT2D eigenvalue weighted by Gasteiger charge is -2.43. The number of rotatable bonds is 8. The van der Waals surface area contributed by atoms with Crippen LogP contribution in [0.4, 0.5) is 26.1 Å². The molecule has 4 heterocycles. The zero-order chi connectivity index (χ0) is 31.6. The molecule has 2 N–H and O–H groups in total. The van der Waals surface area contributed by atoms with Crippen LogP contribution >= 0.6 is 0 Å². The number of carbonyl (C=O) groups is 1. The lowest BCUT2D eigenvalue weighted by Crippen LogP contribution is -2.56. The number of aromatic nitrogens is 3. The average Bonchev–Trinajstić information content (AvgIpc) is 3.01. The number of piperidine rings is 1. The largest absolute Gasteiger partial charge is 0.483 e. The van der Waals surface area contributed by atoms with Crippen molar-refractivity contribution in [3.8, 4) is 23.2 Å². The Morgan fingerprint density at radius 2 is 1.89 bits per heavy atom. The highest BCUT2D eigenvalue weighted by atomic mass is 19.3. The van der Waals surface area contributed by atoms with E-state index in [1.807, 2.05) is 18.2 Å². The molecule has 1 unspecified atom stereocenters. The molecule has 236 valence electrons. The van der Waals surface area contributed by atoms with Crippen LogP contribution in [0.25, 0.3) is 11.4 Å². The number of nitrogens with one attached hydrogen (secondary N) is 1. The lowest BCUT2D eigenvalue weighted by atomic mass is 10.0. The number of nitriles is 1. The number of alkyl halides is 2. The molecule has 0 saturated carbocycles. The molecule has 2 aromatic carbocycles. The highest BCUT2D eigenvalue weighted by Gasteiger charge is 2.48. The van der Waals surface area contributed by atoms with Gasteiger partial charge in [-0.1, -0.05) is 0 Å². The van der Waals surface area contributed by atoms with E-state index in [1.54, 1.807) is 6.07 Å². The molecule has 45 heavy (non-hydrogen) atoms. The summed E-state index contributed by atoms with van der Waals surface area (Å²) in [6.45, 7) is 5.97. The van der Waals surface area contributed by atoms with E-state index in [2.05, 4.69) is 42.2 Å². The van der Waals surface area contributed by atoms with Crippen molar-refractivity contribution < 1.29 is 28.2 Å². The van der Waals surface area contributed by atoms with Gasteiger partial charge in [0.15, 0.2) is 11.9 Å². The fraction of sp³-hybridized carbons (Fsp3) is 0.452. The number of halogens is 2. The average molecular weight is 621 g/mol. The summed E-state index contributed by atoms with van der Waals surface area (Å²) in [5, 5.41) is 22.4. The van der Waals surface area contributed by atoms with E-state index in [1.165, 1.54) is 25.4 Å². The Morgan fingerprint density at radius 1 is 1.13 bits per heavy atom. The second-order valence-corrected chi connectivity index (χ2v) is 11.4. The number of piperazine rings is 1. The van der Waals surface area contributed by atoms with Crippen LogP contribution < -0.4 is 15.0 Å². The van der Waals surface area contributed by atoms with Crippen LogP contribution in [0, 0.1) is 11.3 Å². The lowest BCUT2D eigenvalue weighted by molar-refractivity contribution is -0.165. The molecule has 3 aliphatic rings. The van der Waals surface area contributed by atoms with Crippen molar-refractivity contribution in [3.05, 3.63) is 54.4 Å². The van der Waals surface area contributed by atoms with Gasteiger partial charge in [0.05, 0.1) is 31.4 Å². The summed E-state index contributed by atoms with van der Waals surface area (Å²) in [7, 11) is 0. The van der Waals surface area contributed by atoms with Gasteiger partial charge in [-0.25, -0.2) is 18.7 Å². The minimum Gasteiger partial charge on any atom is -0.483 e. The van der Waals surface area contributed by atoms with Crippen LogP contribution in [0.3, 0.4) is 0 Å². The number of ether oxygens (including phenoxy) is 2. The van der Waals surface area contributed by atoms with Crippen molar-refractivity contribution in [1.82, 2.24) is 24.8 Å². The molecular weight excluding hydrogens is 586 g/mol. The topological polar surface area (TPSA) is 140 Å². The Kier molecular flexibility index (Phi) is 8.75. The summed E-state index contributed by atoms with van der Waals surface area (Å²) < 4.78 is 40.7. The van der Waals surface area contributed by atoms with Crippen molar-refractivity contribution in [2.24, 2.45) is 0 Å². The minimum absolute atomic E-state index is 0.000879. The molecule has 3 saturated heterocycles. The minimum atomic E-state index is -3.37. The zero-order valence-corrected chi connectivity index (χ0v) is 24.8. The number of carbonyl (C=O) groups excluding carboxylic acids is 1. The van der Waals surface area contributed by atoms with Gasteiger partial charge >= 0.3 is 5.92 Å². The second kappa shape index (κ2) is 12.9. The first-order chi connectivity index (χ1) is 21.7. The van der Waals surface area contributed by atoms with Crippen molar-refractivity contribution in [1.29, 1.82) is 5.26 Å². The van der Waals surface area contributed by atoms with E-state index in [0.29, 0.717) is 17.6 Å². The van der Waals surface area contributed by atoms with Crippen LogP contribution in [0.15, 0.2) is 48.8 Å². The first kappa shape index (κ1) is 30.6. The highest BCUT2D eigenvalue weighted by molar-refractivity contribution is 5.80. The third-order valence-electron chi connectivity index (χ3n) is 8.34. The predicted octanol–water partition coefficient (Wildman–Crippen LogP) is 2.67. The Hall–Kier alpha value is -4.45. The van der Waals surface area contributed by atoms with Crippen LogP contribution in [-0.2, 0) is 9.53 Å². The molecule has 3 fully saturated rings. The number of hydrogen-bond acceptors (Lipinski definition) is 11. The maximum Gasteiger partial charge on any atom is 0.301 e. The number of likely N-dealkylation sites (tertiary alicyclic amines) is 1. The van der Waals surface area contributed by atoms with Gasteiger partial charge in [-0.3, -0.25) is 9.69 Å². The number of hydrogen-bond donors (Lipinski definition) is 2.